The molecule has 0 bridgehead atoms. The summed E-state index contributed by atoms with van der Waals surface area (Å²) in [5.74, 6) is -0.241. The Hall–Kier alpha value is -2.52. The molecule has 1 aromatic carbocycles. The van der Waals surface area contributed by atoms with Gasteiger partial charge in [-0.1, -0.05) is 11.3 Å². The lowest BCUT2D eigenvalue weighted by Crippen LogP contribution is -2.33. The lowest BCUT2D eigenvalue weighted by molar-refractivity contribution is -0.384. The highest BCUT2D eigenvalue weighted by Gasteiger charge is 2.21. The molecule has 0 aliphatic rings. The fourth-order valence-corrected chi connectivity index (χ4v) is 2.07. The van der Waals surface area contributed by atoms with Gasteiger partial charge >= 0.3 is 0 Å². The Morgan fingerprint density at radius 1 is 1.46 bits per heavy atom. The molecule has 10 heteroatoms. The molecule has 9 nitrogen and oxygen atoms in total. The largest absolute Gasteiger partial charge is 0.339 e. The summed E-state index contributed by atoms with van der Waals surface area (Å²) >= 11 is 0. The summed E-state index contributed by atoms with van der Waals surface area (Å²) < 4.78 is 1.42. The number of hydrogen-bond donors (Lipinski definition) is 1. The molecular weight excluding hydrogens is 336 g/mol. The van der Waals surface area contributed by atoms with Crippen molar-refractivity contribution in [2.75, 3.05) is 27.2 Å². The average Bonchev–Trinajstić information content (AvgIpc) is 2.93. The molecule has 0 aliphatic carbocycles. The van der Waals surface area contributed by atoms with Crippen molar-refractivity contribution in [3.05, 3.63) is 45.8 Å². The number of hydrogen-bond acceptors (Lipinski definition) is 6. The Balaban J connectivity index is 0.00000288. The number of rotatable bonds is 6. The first kappa shape index (κ1) is 19.5. The van der Waals surface area contributed by atoms with Gasteiger partial charge in [0.1, 0.15) is 0 Å². The van der Waals surface area contributed by atoms with Gasteiger partial charge in [-0.25, -0.2) is 4.68 Å². The van der Waals surface area contributed by atoms with Crippen molar-refractivity contribution < 1.29 is 9.72 Å². The highest BCUT2D eigenvalue weighted by atomic mass is 35.5. The smallest absolute Gasteiger partial charge is 0.276 e. The third-order valence-corrected chi connectivity index (χ3v) is 3.43. The first-order chi connectivity index (χ1) is 11.0. The predicted octanol–water partition coefficient (Wildman–Crippen LogP) is 1.20. The van der Waals surface area contributed by atoms with Gasteiger partial charge in [0, 0.05) is 32.3 Å². The molecule has 0 saturated heterocycles. The zero-order valence-corrected chi connectivity index (χ0v) is 14.4. The molecule has 1 N–H and O–H groups in total. The average molecular weight is 355 g/mol. The number of likely N-dealkylation sites (N-methyl/N-ethyl adjacent to an activating group) is 2. The van der Waals surface area contributed by atoms with Crippen LogP contribution < -0.4 is 5.32 Å². The van der Waals surface area contributed by atoms with Crippen molar-refractivity contribution in [3.63, 3.8) is 0 Å². The number of non-ortho nitro benzene ring substituents is 1. The quantitative estimate of drug-likeness (QED) is 0.617. The van der Waals surface area contributed by atoms with Gasteiger partial charge in [-0.3, -0.25) is 14.9 Å². The number of nitrogens with zero attached hydrogens (tertiary/aromatic N) is 5. The second kappa shape index (κ2) is 8.37. The van der Waals surface area contributed by atoms with Crippen LogP contribution in [0, 0.1) is 17.0 Å². The minimum atomic E-state index is -0.479. The molecule has 2 aromatic rings. The predicted molar refractivity (Wildman–Crippen MR) is 90.9 cm³/mol. The van der Waals surface area contributed by atoms with E-state index in [2.05, 4.69) is 15.6 Å². The molecule has 0 saturated carbocycles. The lowest BCUT2D eigenvalue weighted by Gasteiger charge is -2.15. The third kappa shape index (κ3) is 4.06. The van der Waals surface area contributed by atoms with E-state index < -0.39 is 4.92 Å². The number of carbonyl (C=O) groups is 1. The highest BCUT2D eigenvalue weighted by molar-refractivity contribution is 5.93. The van der Waals surface area contributed by atoms with Crippen molar-refractivity contribution in [2.45, 2.75) is 6.92 Å². The van der Waals surface area contributed by atoms with E-state index in [0.29, 0.717) is 24.5 Å². The van der Waals surface area contributed by atoms with Crippen LogP contribution in [0.25, 0.3) is 5.69 Å². The van der Waals surface area contributed by atoms with E-state index in [-0.39, 0.29) is 29.7 Å². The molecule has 0 fully saturated rings. The van der Waals surface area contributed by atoms with Crippen LogP contribution >= 0.6 is 12.4 Å². The molecule has 0 aliphatic heterocycles. The Morgan fingerprint density at radius 3 is 2.79 bits per heavy atom. The fourth-order valence-electron chi connectivity index (χ4n) is 2.07. The minimum Gasteiger partial charge on any atom is -0.339 e. The Morgan fingerprint density at radius 2 is 2.17 bits per heavy atom. The van der Waals surface area contributed by atoms with Crippen molar-refractivity contribution in [1.82, 2.24) is 25.2 Å². The number of nitro benzene ring substituents is 1. The van der Waals surface area contributed by atoms with Gasteiger partial charge in [0.2, 0.25) is 0 Å². The molecule has 1 heterocycles. The SMILES string of the molecule is CNCCN(C)C(=O)c1nnn(-c2cccc([N+](=O)[O-])c2)c1C.Cl. The fraction of sp³-hybridized carbons (Fsp3) is 0.357. The van der Waals surface area contributed by atoms with Gasteiger partial charge in [-0.2, -0.15) is 0 Å². The Kier molecular flexibility index (Phi) is 6.81. The van der Waals surface area contributed by atoms with E-state index >= 15 is 0 Å². The summed E-state index contributed by atoms with van der Waals surface area (Å²) in [6.07, 6.45) is 0. The van der Waals surface area contributed by atoms with Crippen molar-refractivity contribution in [1.29, 1.82) is 0 Å². The number of benzene rings is 1. The topological polar surface area (TPSA) is 106 Å². The van der Waals surface area contributed by atoms with Gasteiger partial charge in [-0.15, -0.1) is 17.5 Å². The molecule has 130 valence electrons. The second-order valence-electron chi connectivity index (χ2n) is 5.04. The van der Waals surface area contributed by atoms with Gasteiger partial charge in [0.25, 0.3) is 11.6 Å². The van der Waals surface area contributed by atoms with Crippen LogP contribution in [0.2, 0.25) is 0 Å². The Bertz CT molecular complexity index is 733. The number of aromatic nitrogens is 3. The minimum absolute atomic E-state index is 0. The lowest BCUT2D eigenvalue weighted by atomic mass is 10.2. The monoisotopic (exact) mass is 354 g/mol. The second-order valence-corrected chi connectivity index (χ2v) is 5.04. The maximum absolute atomic E-state index is 12.4. The summed E-state index contributed by atoms with van der Waals surface area (Å²) in [5.41, 5.74) is 1.21. The van der Waals surface area contributed by atoms with Crippen LogP contribution in [0.4, 0.5) is 5.69 Å². The van der Waals surface area contributed by atoms with Crippen LogP contribution in [0.3, 0.4) is 0 Å². The van der Waals surface area contributed by atoms with Crippen LogP contribution in [-0.2, 0) is 0 Å². The van der Waals surface area contributed by atoms with E-state index in [1.165, 1.54) is 16.8 Å². The van der Waals surface area contributed by atoms with Crippen LogP contribution in [0.15, 0.2) is 24.3 Å². The summed E-state index contributed by atoms with van der Waals surface area (Å²) in [5, 5.41) is 21.7. The molecule has 0 atom stereocenters. The van der Waals surface area contributed by atoms with Crippen molar-refractivity contribution >= 4 is 24.0 Å². The standard InChI is InChI=1S/C14H18N6O3.ClH/c1-10-13(14(21)18(3)8-7-15-2)16-17-19(10)11-5-4-6-12(9-11)20(22)23;/h4-6,9,15H,7-8H2,1-3H3;1H. The Labute approximate surface area is 145 Å². The van der Waals surface area contributed by atoms with E-state index in [9.17, 15) is 14.9 Å². The van der Waals surface area contributed by atoms with Gasteiger partial charge < -0.3 is 10.2 Å². The number of nitrogens with one attached hydrogen (secondary N) is 1. The van der Waals surface area contributed by atoms with Gasteiger partial charge in [-0.05, 0) is 20.0 Å². The van der Waals surface area contributed by atoms with Crippen molar-refractivity contribution in [3.8, 4) is 5.69 Å². The summed E-state index contributed by atoms with van der Waals surface area (Å²) in [6, 6.07) is 6.02. The van der Waals surface area contributed by atoms with E-state index in [0.717, 1.165) is 0 Å². The molecule has 0 unspecified atom stereocenters. The summed E-state index contributed by atoms with van der Waals surface area (Å²) in [6.45, 7) is 2.91. The molecule has 0 radical (unpaired) electrons. The van der Waals surface area contributed by atoms with Gasteiger partial charge in [0.15, 0.2) is 5.69 Å². The third-order valence-electron chi connectivity index (χ3n) is 3.43. The number of nitro groups is 1. The van der Waals surface area contributed by atoms with Crippen LogP contribution in [-0.4, -0.2) is 57.9 Å². The summed E-state index contributed by atoms with van der Waals surface area (Å²) in [4.78, 5) is 24.3. The maximum atomic E-state index is 12.4. The molecular formula is C14H19ClN6O3. The first-order valence-corrected chi connectivity index (χ1v) is 7.03. The zero-order valence-electron chi connectivity index (χ0n) is 13.6. The molecule has 1 aromatic heterocycles. The molecule has 24 heavy (non-hydrogen) atoms. The zero-order chi connectivity index (χ0) is 17.0. The number of amides is 1. The first-order valence-electron chi connectivity index (χ1n) is 7.03. The highest BCUT2D eigenvalue weighted by Crippen LogP contribution is 2.18. The molecule has 1 amide bonds. The van der Waals surface area contributed by atoms with Crippen LogP contribution in [0.1, 0.15) is 16.2 Å². The summed E-state index contributed by atoms with van der Waals surface area (Å²) in [7, 11) is 3.49. The van der Waals surface area contributed by atoms with Crippen molar-refractivity contribution in [2.24, 2.45) is 0 Å². The van der Waals surface area contributed by atoms with E-state index in [4.69, 9.17) is 0 Å². The number of carbonyl (C=O) groups excluding carboxylic acids is 1. The normalized spacial score (nSPS) is 10.1. The molecule has 0 spiro atoms. The van der Waals surface area contributed by atoms with E-state index in [1.807, 2.05) is 7.05 Å². The van der Waals surface area contributed by atoms with E-state index in [1.54, 1.807) is 31.0 Å². The number of halogens is 1. The van der Waals surface area contributed by atoms with Crippen LogP contribution in [0.5, 0.6) is 0 Å². The maximum Gasteiger partial charge on any atom is 0.276 e. The van der Waals surface area contributed by atoms with Gasteiger partial charge in [0.05, 0.1) is 16.3 Å². The molecule has 2 rings (SSSR count).